The van der Waals surface area contributed by atoms with E-state index in [1.54, 1.807) is 13.0 Å². The van der Waals surface area contributed by atoms with Crippen molar-refractivity contribution in [2.45, 2.75) is 38.3 Å². The molecule has 0 atom stereocenters. The molecule has 4 aromatic rings. The Morgan fingerprint density at radius 2 is 1.81 bits per heavy atom. The molecule has 0 spiro atoms. The number of benzene rings is 2. The second kappa shape index (κ2) is 8.69. The van der Waals surface area contributed by atoms with Crippen LogP contribution in [0.5, 0.6) is 0 Å². The van der Waals surface area contributed by atoms with Gasteiger partial charge in [0, 0.05) is 28.4 Å². The summed E-state index contributed by atoms with van der Waals surface area (Å²) < 4.78 is 25.0. The molecule has 4 rings (SSSR count). The third kappa shape index (κ3) is 4.22. The zero-order valence-corrected chi connectivity index (χ0v) is 19.2. The Kier molecular flexibility index (Phi) is 5.96. The molecule has 162 valence electrons. The summed E-state index contributed by atoms with van der Waals surface area (Å²) in [5, 5.41) is 13.0. The van der Waals surface area contributed by atoms with Crippen LogP contribution in [0.1, 0.15) is 41.6 Å². The van der Waals surface area contributed by atoms with Crippen molar-refractivity contribution in [3.63, 3.8) is 0 Å². The lowest BCUT2D eigenvalue weighted by Crippen LogP contribution is -2.08. The lowest BCUT2D eigenvalue weighted by Gasteiger charge is -2.12. The maximum atomic E-state index is 11.8. The number of aromatic nitrogens is 4. The highest BCUT2D eigenvalue weighted by Gasteiger charge is 2.22. The van der Waals surface area contributed by atoms with E-state index >= 15 is 0 Å². The highest BCUT2D eigenvalue weighted by atomic mass is 35.7. The second-order valence-corrected chi connectivity index (χ2v) is 9.89. The van der Waals surface area contributed by atoms with E-state index in [9.17, 15) is 13.7 Å². The molecule has 7 nitrogen and oxygen atoms in total. The maximum absolute atomic E-state index is 11.8. The summed E-state index contributed by atoms with van der Waals surface area (Å²) in [7, 11) is 1.42. The second-order valence-electron chi connectivity index (χ2n) is 7.43. The number of hydrogen-bond donors (Lipinski definition) is 0. The predicted molar refractivity (Wildman–Crippen MR) is 122 cm³/mol. The Hall–Kier alpha value is -3.28. The first kappa shape index (κ1) is 21.9. The Morgan fingerprint density at radius 3 is 2.47 bits per heavy atom. The van der Waals surface area contributed by atoms with Crippen LogP contribution < -0.4 is 0 Å². The highest BCUT2D eigenvalue weighted by molar-refractivity contribution is 8.13. The van der Waals surface area contributed by atoms with Crippen molar-refractivity contribution in [3.8, 4) is 17.2 Å². The molecule has 0 saturated heterocycles. The zero-order chi connectivity index (χ0) is 22.9. The molecule has 0 amide bonds. The van der Waals surface area contributed by atoms with Crippen molar-refractivity contribution in [1.29, 1.82) is 5.26 Å². The van der Waals surface area contributed by atoms with Gasteiger partial charge >= 0.3 is 0 Å². The van der Waals surface area contributed by atoms with Gasteiger partial charge in [-0.3, -0.25) is 0 Å². The van der Waals surface area contributed by atoms with E-state index in [0.29, 0.717) is 23.5 Å². The van der Waals surface area contributed by atoms with Crippen LogP contribution in [0.4, 0.5) is 0 Å². The summed E-state index contributed by atoms with van der Waals surface area (Å²) in [6.07, 6.45) is 2.12. The molecule has 9 heteroatoms. The summed E-state index contributed by atoms with van der Waals surface area (Å²) >= 11 is 0. The first-order valence-corrected chi connectivity index (χ1v) is 12.4. The molecule has 2 heterocycles. The largest absolute Gasteiger partial charge is 0.298 e. The average molecular weight is 466 g/mol. The van der Waals surface area contributed by atoms with Crippen molar-refractivity contribution in [3.05, 3.63) is 76.7 Å². The van der Waals surface area contributed by atoms with E-state index in [1.165, 1.54) is 4.52 Å². The van der Waals surface area contributed by atoms with Gasteiger partial charge in [-0.05, 0) is 36.1 Å². The molecule has 0 saturated carbocycles. The summed E-state index contributed by atoms with van der Waals surface area (Å²) in [6, 6.07) is 17.6. The van der Waals surface area contributed by atoms with Crippen LogP contribution in [0.2, 0.25) is 0 Å². The molecule has 0 fully saturated rings. The fraction of sp³-hybridized carbons (Fsp3) is 0.217. The van der Waals surface area contributed by atoms with E-state index in [-0.39, 0.29) is 0 Å². The van der Waals surface area contributed by atoms with Crippen LogP contribution in [0.15, 0.2) is 53.7 Å². The summed E-state index contributed by atoms with van der Waals surface area (Å²) in [5.41, 5.74) is 5.58. The number of nitriles is 1. The Labute approximate surface area is 190 Å². The van der Waals surface area contributed by atoms with Gasteiger partial charge in [-0.1, -0.05) is 55.8 Å². The highest BCUT2D eigenvalue weighted by Crippen LogP contribution is 2.26. The molecule has 2 aromatic heterocycles. The predicted octanol–water partition coefficient (Wildman–Crippen LogP) is 4.44. The zero-order valence-electron chi connectivity index (χ0n) is 17.6. The van der Waals surface area contributed by atoms with Gasteiger partial charge in [0.25, 0.3) is 14.2 Å². The SMILES string of the molecule is CCCc1nc(C)n2nc(S(=O)(=O)Cl)nc2c1Cc1ccc(-c2ccccc2C#N)cc1. The first-order chi connectivity index (χ1) is 15.3. The van der Waals surface area contributed by atoms with Gasteiger partial charge in [0.2, 0.25) is 0 Å². The smallest absolute Gasteiger partial charge is 0.238 e. The number of hydrogen-bond acceptors (Lipinski definition) is 6. The van der Waals surface area contributed by atoms with Crippen LogP contribution in [-0.2, 0) is 21.9 Å². The molecular formula is C23H20ClN5O2S. The van der Waals surface area contributed by atoms with Crippen LogP contribution in [0.3, 0.4) is 0 Å². The third-order valence-electron chi connectivity index (χ3n) is 5.21. The summed E-state index contributed by atoms with van der Waals surface area (Å²) in [6.45, 7) is 3.82. The molecule has 0 aliphatic rings. The standard InChI is InChI=1S/C23H20ClN5O2S/c1-3-6-21-20(22-27-23(32(24,30)31)28-29(22)15(2)26-21)13-16-9-11-17(12-10-16)19-8-5-4-7-18(19)14-25/h4-5,7-12H,3,6,13H2,1-2H3. The van der Waals surface area contributed by atoms with E-state index in [0.717, 1.165) is 40.8 Å². The third-order valence-corrected chi connectivity index (χ3v) is 6.23. The molecule has 2 aromatic carbocycles. The van der Waals surface area contributed by atoms with Gasteiger partial charge in [-0.15, -0.1) is 5.10 Å². The Balaban J connectivity index is 1.78. The normalized spacial score (nSPS) is 11.6. The number of rotatable bonds is 6. The van der Waals surface area contributed by atoms with Crippen LogP contribution in [0.25, 0.3) is 16.8 Å². The van der Waals surface area contributed by atoms with Gasteiger partial charge in [-0.25, -0.2) is 13.4 Å². The Morgan fingerprint density at radius 1 is 1.09 bits per heavy atom. The maximum Gasteiger partial charge on any atom is 0.298 e. The van der Waals surface area contributed by atoms with Gasteiger partial charge in [0.05, 0.1) is 11.6 Å². The van der Waals surface area contributed by atoms with Crippen molar-refractivity contribution in [2.24, 2.45) is 0 Å². The number of halogens is 1. The summed E-state index contributed by atoms with van der Waals surface area (Å²) in [5.74, 6) is 0.551. The molecular weight excluding hydrogens is 446 g/mol. The van der Waals surface area contributed by atoms with Crippen molar-refractivity contribution < 1.29 is 8.42 Å². The first-order valence-electron chi connectivity index (χ1n) is 10.1. The van der Waals surface area contributed by atoms with Crippen molar-refractivity contribution in [2.75, 3.05) is 0 Å². The van der Waals surface area contributed by atoms with Crippen LogP contribution in [0, 0.1) is 18.3 Å². The average Bonchev–Trinajstić information content (AvgIpc) is 3.24. The number of nitrogens with zero attached hydrogens (tertiary/aromatic N) is 5. The quantitative estimate of drug-likeness (QED) is 0.390. The van der Waals surface area contributed by atoms with E-state index in [4.69, 9.17) is 10.7 Å². The minimum Gasteiger partial charge on any atom is -0.238 e. The van der Waals surface area contributed by atoms with Gasteiger partial charge in [0.15, 0.2) is 5.65 Å². The van der Waals surface area contributed by atoms with Crippen LogP contribution >= 0.6 is 10.7 Å². The molecule has 0 aliphatic heterocycles. The molecule has 0 radical (unpaired) electrons. The topological polar surface area (TPSA) is 101 Å². The minimum absolute atomic E-state index is 0.428. The van der Waals surface area contributed by atoms with E-state index in [1.807, 2.05) is 42.5 Å². The monoisotopic (exact) mass is 465 g/mol. The molecule has 0 N–H and O–H groups in total. The van der Waals surface area contributed by atoms with Crippen molar-refractivity contribution in [1.82, 2.24) is 19.6 Å². The Bertz CT molecular complexity index is 1450. The molecule has 0 unspecified atom stereocenters. The lowest BCUT2D eigenvalue weighted by molar-refractivity contribution is 0.600. The van der Waals surface area contributed by atoms with Gasteiger partial charge in [0.1, 0.15) is 5.82 Å². The molecule has 0 bridgehead atoms. The fourth-order valence-electron chi connectivity index (χ4n) is 3.72. The number of fused-ring (bicyclic) bond motifs is 1. The van der Waals surface area contributed by atoms with Crippen molar-refractivity contribution >= 4 is 25.4 Å². The van der Waals surface area contributed by atoms with Gasteiger partial charge in [-0.2, -0.15) is 14.8 Å². The number of aryl methyl sites for hydroxylation is 2. The minimum atomic E-state index is -4.06. The van der Waals surface area contributed by atoms with E-state index < -0.39 is 14.2 Å². The fourth-order valence-corrected chi connectivity index (χ4v) is 4.29. The van der Waals surface area contributed by atoms with Crippen LogP contribution in [-0.4, -0.2) is 28.0 Å². The summed E-state index contributed by atoms with van der Waals surface area (Å²) in [4.78, 5) is 8.88. The lowest BCUT2D eigenvalue weighted by atomic mass is 9.97. The van der Waals surface area contributed by atoms with E-state index in [2.05, 4.69) is 28.1 Å². The molecule has 0 aliphatic carbocycles. The van der Waals surface area contributed by atoms with Gasteiger partial charge < -0.3 is 0 Å². The molecule has 32 heavy (non-hydrogen) atoms.